The molecule has 0 aromatic rings. The highest BCUT2D eigenvalue weighted by Gasteiger charge is 2.28. The highest BCUT2D eigenvalue weighted by Crippen LogP contribution is 2.17. The maximum atomic E-state index is 11.5. The Morgan fingerprint density at radius 3 is 2.87 bits per heavy atom. The van der Waals surface area contributed by atoms with Crippen LogP contribution in [0.2, 0.25) is 0 Å². The van der Waals surface area contributed by atoms with E-state index in [1.54, 1.807) is 18.9 Å². The van der Waals surface area contributed by atoms with Crippen molar-refractivity contribution in [2.45, 2.75) is 19.8 Å². The Balaban J connectivity index is 2.48. The van der Waals surface area contributed by atoms with E-state index in [4.69, 9.17) is 4.74 Å². The molecule has 2 amide bonds. The van der Waals surface area contributed by atoms with Crippen LogP contribution in [0.5, 0.6) is 0 Å². The Labute approximate surface area is 89.8 Å². The summed E-state index contributed by atoms with van der Waals surface area (Å²) in [6, 6.07) is -0.121. The number of hydrogen-bond acceptors (Lipinski definition) is 3. The van der Waals surface area contributed by atoms with Crippen LogP contribution in [-0.2, 0) is 9.53 Å². The molecule has 1 rings (SSSR count). The molecule has 1 N–H and O–H groups in total. The molecular weight excluding hydrogens is 196 g/mol. The highest BCUT2D eigenvalue weighted by atomic mass is 16.5. The van der Waals surface area contributed by atoms with Crippen molar-refractivity contribution in [3.05, 3.63) is 0 Å². The molecule has 1 aliphatic rings. The van der Waals surface area contributed by atoms with E-state index < -0.39 is 0 Å². The standard InChI is InChI=1S/C10H18N2O3/c1-3-15-9(13)8-5-4-6-12(7-8)10(14)11-2/h8H,3-7H2,1-2H3,(H,11,14)/t8-/m0/s1. The van der Waals surface area contributed by atoms with Gasteiger partial charge < -0.3 is 15.0 Å². The van der Waals surface area contributed by atoms with E-state index in [0.29, 0.717) is 13.2 Å². The van der Waals surface area contributed by atoms with Gasteiger partial charge in [0.1, 0.15) is 0 Å². The van der Waals surface area contributed by atoms with Crippen LogP contribution in [-0.4, -0.2) is 43.6 Å². The van der Waals surface area contributed by atoms with Gasteiger partial charge in [0.25, 0.3) is 0 Å². The summed E-state index contributed by atoms with van der Waals surface area (Å²) in [5, 5.41) is 2.56. The van der Waals surface area contributed by atoms with Crippen molar-refractivity contribution in [2.24, 2.45) is 5.92 Å². The fourth-order valence-corrected chi connectivity index (χ4v) is 1.77. The number of nitrogens with zero attached hydrogens (tertiary/aromatic N) is 1. The van der Waals surface area contributed by atoms with Gasteiger partial charge >= 0.3 is 12.0 Å². The van der Waals surface area contributed by atoms with E-state index in [1.807, 2.05) is 0 Å². The molecule has 1 heterocycles. The van der Waals surface area contributed by atoms with E-state index in [1.165, 1.54) is 0 Å². The Hall–Kier alpha value is -1.26. The van der Waals surface area contributed by atoms with Crippen molar-refractivity contribution in [2.75, 3.05) is 26.7 Å². The molecule has 86 valence electrons. The van der Waals surface area contributed by atoms with Gasteiger partial charge in [-0.2, -0.15) is 0 Å². The molecule has 5 nitrogen and oxygen atoms in total. The number of hydrogen-bond donors (Lipinski definition) is 1. The molecule has 0 unspecified atom stereocenters. The second-order valence-corrected chi connectivity index (χ2v) is 3.59. The maximum Gasteiger partial charge on any atom is 0.317 e. The summed E-state index contributed by atoms with van der Waals surface area (Å²) < 4.78 is 4.95. The third-order valence-electron chi connectivity index (χ3n) is 2.54. The number of ether oxygens (including phenoxy) is 1. The molecule has 1 atom stereocenters. The zero-order valence-corrected chi connectivity index (χ0v) is 9.28. The van der Waals surface area contributed by atoms with Gasteiger partial charge in [-0.15, -0.1) is 0 Å². The minimum atomic E-state index is -0.189. The molecular formula is C10H18N2O3. The summed E-state index contributed by atoms with van der Waals surface area (Å²) in [6.45, 7) is 3.38. The lowest BCUT2D eigenvalue weighted by atomic mass is 9.98. The number of urea groups is 1. The Bertz CT molecular complexity index is 243. The van der Waals surface area contributed by atoms with Gasteiger partial charge in [0.05, 0.1) is 12.5 Å². The third kappa shape index (κ3) is 3.11. The average Bonchev–Trinajstić information content (AvgIpc) is 2.28. The lowest BCUT2D eigenvalue weighted by Gasteiger charge is -2.31. The number of rotatable bonds is 2. The smallest absolute Gasteiger partial charge is 0.317 e. The average molecular weight is 214 g/mol. The van der Waals surface area contributed by atoms with Crippen molar-refractivity contribution >= 4 is 12.0 Å². The summed E-state index contributed by atoms with van der Waals surface area (Å²) in [7, 11) is 1.59. The van der Waals surface area contributed by atoms with Gasteiger partial charge in [0.15, 0.2) is 0 Å². The van der Waals surface area contributed by atoms with Gasteiger partial charge in [-0.05, 0) is 19.8 Å². The molecule has 5 heteroatoms. The van der Waals surface area contributed by atoms with E-state index >= 15 is 0 Å². The van der Waals surface area contributed by atoms with Crippen LogP contribution in [0.15, 0.2) is 0 Å². The van der Waals surface area contributed by atoms with Crippen molar-refractivity contribution < 1.29 is 14.3 Å². The van der Waals surface area contributed by atoms with Gasteiger partial charge in [0, 0.05) is 20.1 Å². The van der Waals surface area contributed by atoms with Crippen LogP contribution >= 0.6 is 0 Å². The van der Waals surface area contributed by atoms with E-state index in [2.05, 4.69) is 5.32 Å². The molecule has 0 radical (unpaired) electrons. The zero-order chi connectivity index (χ0) is 11.3. The first-order valence-electron chi connectivity index (χ1n) is 5.32. The first-order valence-corrected chi connectivity index (χ1v) is 5.32. The van der Waals surface area contributed by atoms with Crippen LogP contribution in [0.1, 0.15) is 19.8 Å². The predicted molar refractivity (Wildman–Crippen MR) is 55.4 cm³/mol. The molecule has 1 saturated heterocycles. The second-order valence-electron chi connectivity index (χ2n) is 3.59. The van der Waals surface area contributed by atoms with Crippen LogP contribution in [0.3, 0.4) is 0 Å². The number of nitrogens with one attached hydrogen (secondary N) is 1. The van der Waals surface area contributed by atoms with Crippen LogP contribution in [0.25, 0.3) is 0 Å². The Morgan fingerprint density at radius 2 is 2.27 bits per heavy atom. The highest BCUT2D eigenvalue weighted by molar-refractivity contribution is 5.77. The molecule has 0 aliphatic carbocycles. The summed E-state index contributed by atoms with van der Waals surface area (Å²) >= 11 is 0. The predicted octanol–water partition coefficient (Wildman–Crippen LogP) is 0.601. The van der Waals surface area contributed by atoms with E-state index in [-0.39, 0.29) is 17.9 Å². The first kappa shape index (κ1) is 11.8. The van der Waals surface area contributed by atoms with Crippen LogP contribution < -0.4 is 5.32 Å². The second kappa shape index (κ2) is 5.58. The minimum absolute atomic E-state index is 0.121. The van der Waals surface area contributed by atoms with Crippen molar-refractivity contribution in [1.29, 1.82) is 0 Å². The zero-order valence-electron chi connectivity index (χ0n) is 9.28. The Kier molecular flexibility index (Phi) is 4.39. The van der Waals surface area contributed by atoms with Crippen molar-refractivity contribution in [3.63, 3.8) is 0 Å². The lowest BCUT2D eigenvalue weighted by Crippen LogP contribution is -2.46. The lowest BCUT2D eigenvalue weighted by molar-refractivity contribution is -0.149. The molecule has 1 aliphatic heterocycles. The first-order chi connectivity index (χ1) is 7.19. The molecule has 1 fully saturated rings. The SMILES string of the molecule is CCOC(=O)[C@H]1CCCN(C(=O)NC)C1. The monoisotopic (exact) mass is 214 g/mol. The van der Waals surface area contributed by atoms with Gasteiger partial charge in [-0.1, -0.05) is 0 Å². The molecule has 0 aromatic heterocycles. The molecule has 0 spiro atoms. The number of carbonyl (C=O) groups excluding carboxylic acids is 2. The topological polar surface area (TPSA) is 58.6 Å². The van der Waals surface area contributed by atoms with Gasteiger partial charge in [-0.3, -0.25) is 4.79 Å². The van der Waals surface area contributed by atoms with Crippen LogP contribution in [0, 0.1) is 5.92 Å². The van der Waals surface area contributed by atoms with Crippen LogP contribution in [0.4, 0.5) is 4.79 Å². The third-order valence-corrected chi connectivity index (χ3v) is 2.54. The molecule has 0 saturated carbocycles. The number of likely N-dealkylation sites (tertiary alicyclic amines) is 1. The minimum Gasteiger partial charge on any atom is -0.466 e. The largest absolute Gasteiger partial charge is 0.466 e. The summed E-state index contributed by atoms with van der Waals surface area (Å²) in [4.78, 5) is 24.5. The molecule has 0 bridgehead atoms. The number of piperidine rings is 1. The van der Waals surface area contributed by atoms with Gasteiger partial charge in [-0.25, -0.2) is 4.79 Å². The quantitative estimate of drug-likeness (QED) is 0.685. The normalized spacial score (nSPS) is 20.9. The maximum absolute atomic E-state index is 11.5. The summed E-state index contributed by atoms with van der Waals surface area (Å²) in [5.74, 6) is -0.345. The van der Waals surface area contributed by atoms with Gasteiger partial charge in [0.2, 0.25) is 0 Å². The molecule has 0 aromatic carbocycles. The van der Waals surface area contributed by atoms with E-state index in [0.717, 1.165) is 19.4 Å². The fourth-order valence-electron chi connectivity index (χ4n) is 1.77. The summed E-state index contributed by atoms with van der Waals surface area (Å²) in [5.41, 5.74) is 0. The van der Waals surface area contributed by atoms with Crippen molar-refractivity contribution in [1.82, 2.24) is 10.2 Å². The number of carbonyl (C=O) groups is 2. The fraction of sp³-hybridized carbons (Fsp3) is 0.800. The number of esters is 1. The number of amides is 2. The Morgan fingerprint density at radius 1 is 1.53 bits per heavy atom. The summed E-state index contributed by atoms with van der Waals surface area (Å²) in [6.07, 6.45) is 1.67. The van der Waals surface area contributed by atoms with E-state index in [9.17, 15) is 9.59 Å². The molecule has 15 heavy (non-hydrogen) atoms. The van der Waals surface area contributed by atoms with Crippen molar-refractivity contribution in [3.8, 4) is 0 Å².